The van der Waals surface area contributed by atoms with Gasteiger partial charge in [0.15, 0.2) is 11.3 Å². The topological polar surface area (TPSA) is 176 Å². The molecule has 2 aromatic carbocycles. The Kier molecular flexibility index (Phi) is 9.90. The number of benzene rings is 2. The summed E-state index contributed by atoms with van der Waals surface area (Å²) < 4.78 is 37.0. The van der Waals surface area contributed by atoms with Crippen LogP contribution in [0.5, 0.6) is 0 Å². The maximum atomic E-state index is 14.2. The van der Waals surface area contributed by atoms with E-state index in [-0.39, 0.29) is 36.2 Å². The molecule has 0 saturated carbocycles. The molecule has 1 unspecified atom stereocenters. The zero-order valence-electron chi connectivity index (χ0n) is 33.0. The molecular weight excluding hydrogens is 791 g/mol. The van der Waals surface area contributed by atoms with Gasteiger partial charge in [0, 0.05) is 25.7 Å². The number of nitrogens with zero attached hydrogens (tertiary/aromatic N) is 8. The molecule has 0 radical (unpaired) electrons. The number of halogens is 2. The zero-order chi connectivity index (χ0) is 41.9. The van der Waals surface area contributed by atoms with Crippen LogP contribution in [0, 0.1) is 5.92 Å². The van der Waals surface area contributed by atoms with Gasteiger partial charge in [-0.3, -0.25) is 39.1 Å². The number of amides is 5. The number of hydrogen-bond acceptors (Lipinski definition) is 11. The van der Waals surface area contributed by atoms with Crippen LogP contribution >= 0.6 is 0 Å². The Morgan fingerprint density at radius 3 is 2.56 bits per heavy atom. The average Bonchev–Trinajstić information content (AvgIpc) is 4.11. The normalized spacial score (nSPS) is 21.9. The summed E-state index contributed by atoms with van der Waals surface area (Å²) in [6, 6.07) is 13.8. The predicted octanol–water partition coefficient (Wildman–Crippen LogP) is 4.33. The molecule has 61 heavy (non-hydrogen) atoms. The van der Waals surface area contributed by atoms with Crippen LogP contribution in [0.4, 0.5) is 20.3 Å². The van der Waals surface area contributed by atoms with E-state index in [0.29, 0.717) is 60.3 Å². The number of hydrogen-bond donors (Lipinski definition) is 2. The summed E-state index contributed by atoms with van der Waals surface area (Å²) in [6.45, 7) is 3.79. The zero-order valence-corrected chi connectivity index (χ0v) is 33.0. The Morgan fingerprint density at radius 2 is 1.82 bits per heavy atom. The van der Waals surface area contributed by atoms with Crippen molar-refractivity contribution < 1.29 is 37.5 Å². The Labute approximate surface area is 347 Å². The van der Waals surface area contributed by atoms with E-state index in [1.54, 1.807) is 18.3 Å². The van der Waals surface area contributed by atoms with Crippen LogP contribution in [-0.2, 0) is 27.3 Å². The summed E-state index contributed by atoms with van der Waals surface area (Å²) in [4.78, 5) is 74.7. The minimum atomic E-state index is -2.93. The first kappa shape index (κ1) is 38.8. The van der Waals surface area contributed by atoms with Crippen LogP contribution in [0.1, 0.15) is 92.8 Å². The fraction of sp³-hybridized carbons (Fsp3) is 0.395. The molecule has 5 amide bonds. The average molecular weight is 833 g/mol. The number of likely N-dealkylation sites (tertiary alicyclic amines) is 1. The van der Waals surface area contributed by atoms with Gasteiger partial charge in [0.1, 0.15) is 17.4 Å². The third-order valence-electron chi connectivity index (χ3n) is 12.7. The lowest BCUT2D eigenvalue weighted by atomic mass is 9.88. The van der Waals surface area contributed by atoms with Gasteiger partial charge in [0.2, 0.25) is 11.8 Å². The number of aromatic nitrogens is 5. The third kappa shape index (κ3) is 7.22. The lowest BCUT2D eigenvalue weighted by Crippen LogP contribution is -2.54. The first-order valence-electron chi connectivity index (χ1n) is 20.6. The van der Waals surface area contributed by atoms with Crippen LogP contribution in [-0.4, -0.2) is 108 Å². The first-order valence-corrected chi connectivity index (χ1v) is 20.6. The standard InChI is InChI=1S/C43H42F2N10O6/c44-38(45)37-32(47-40(57)31-19-46-53-17-14-34(48-39(31)53)52-21-29-18-28(52)23-61-29)22-54(50-37)27-8-5-25(6-9-27)20-51-15-12-24(13-16-51)4-7-26-2-1-3-30-36(26)43(60)55(42(30)59)33-10-11-35(56)49-41(33)58/h1-3,5-6,8-9,14,17,19,22,24,28-29,33,38H,4,7,10-13,15-16,18,20-21,23H2,(H,47,57)(H,49,56,58)/t28-,29-,33?/m1/s1. The van der Waals surface area contributed by atoms with E-state index in [2.05, 4.69) is 30.6 Å². The largest absolute Gasteiger partial charge is 0.374 e. The van der Waals surface area contributed by atoms with Crippen LogP contribution < -0.4 is 15.5 Å². The van der Waals surface area contributed by atoms with Gasteiger partial charge in [-0.2, -0.15) is 10.2 Å². The van der Waals surface area contributed by atoms with Gasteiger partial charge in [0.05, 0.1) is 53.6 Å². The number of fused-ring (bicyclic) bond motifs is 4. The Hall–Kier alpha value is -6.40. The van der Waals surface area contributed by atoms with Gasteiger partial charge >= 0.3 is 0 Å². The number of imide groups is 2. The summed E-state index contributed by atoms with van der Waals surface area (Å²) in [7, 11) is 0. The summed E-state index contributed by atoms with van der Waals surface area (Å²) in [6.07, 6.45) is 6.22. The molecule has 3 atom stereocenters. The van der Waals surface area contributed by atoms with E-state index >= 15 is 0 Å². The lowest BCUT2D eigenvalue weighted by molar-refractivity contribution is -0.136. The highest BCUT2D eigenvalue weighted by molar-refractivity contribution is 6.24. The van der Waals surface area contributed by atoms with Gasteiger partial charge in [0.25, 0.3) is 24.1 Å². The van der Waals surface area contributed by atoms with Crippen LogP contribution in [0.3, 0.4) is 0 Å². The van der Waals surface area contributed by atoms with Crippen molar-refractivity contribution in [2.24, 2.45) is 5.92 Å². The number of rotatable bonds is 11. The summed E-state index contributed by atoms with van der Waals surface area (Å²) in [5, 5.41) is 13.3. The number of carbonyl (C=O) groups is 5. The van der Waals surface area contributed by atoms with Gasteiger partial charge in [-0.15, -0.1) is 0 Å². The molecule has 0 aliphatic carbocycles. The molecule has 18 heteroatoms. The molecule has 314 valence electrons. The fourth-order valence-corrected chi connectivity index (χ4v) is 9.42. The van der Waals surface area contributed by atoms with Gasteiger partial charge in [-0.25, -0.2) is 23.0 Å². The highest BCUT2D eigenvalue weighted by atomic mass is 19.3. The minimum absolute atomic E-state index is 0.0719. The number of alkyl halides is 2. The molecule has 0 spiro atoms. The predicted molar refractivity (Wildman–Crippen MR) is 214 cm³/mol. The van der Waals surface area contributed by atoms with E-state index in [9.17, 15) is 32.8 Å². The number of aryl methyl sites for hydroxylation is 1. The van der Waals surface area contributed by atoms with E-state index < -0.39 is 47.7 Å². The first-order chi connectivity index (χ1) is 29.6. The van der Waals surface area contributed by atoms with Crippen LogP contribution in [0.25, 0.3) is 11.3 Å². The number of anilines is 2. The summed E-state index contributed by atoms with van der Waals surface area (Å²) in [5.74, 6) is -1.51. The molecular formula is C43H42F2N10O6. The fourth-order valence-electron chi connectivity index (χ4n) is 9.42. The number of piperidine rings is 2. The monoisotopic (exact) mass is 832 g/mol. The molecule has 3 aromatic heterocycles. The van der Waals surface area contributed by atoms with Crippen LogP contribution in [0.2, 0.25) is 0 Å². The highest BCUT2D eigenvalue weighted by Gasteiger charge is 2.45. The number of nitrogens with one attached hydrogen (secondary N) is 2. The summed E-state index contributed by atoms with van der Waals surface area (Å²) in [5.41, 5.74) is 2.86. The molecule has 10 rings (SSSR count). The SMILES string of the molecule is O=C1CCC(N2C(=O)c3cccc(CCC4CCN(Cc5ccc(-n6cc(NC(=O)c7cnn8ccc(N9C[C@H]%10C[C@@H]9CO%10)nc78)c(C(F)F)n6)cc5)CC4)c3C2=O)C(=O)N1. The van der Waals surface area contributed by atoms with Crippen molar-refractivity contribution in [1.82, 2.24) is 39.5 Å². The Morgan fingerprint density at radius 1 is 1.00 bits per heavy atom. The van der Waals surface area contributed by atoms with Crippen molar-refractivity contribution in [2.45, 2.75) is 76.1 Å². The Bertz CT molecular complexity index is 2590. The lowest BCUT2D eigenvalue weighted by Gasteiger charge is -2.32. The van der Waals surface area contributed by atoms with Crippen molar-refractivity contribution in [3.63, 3.8) is 0 Å². The molecule has 4 fully saturated rings. The minimum Gasteiger partial charge on any atom is -0.374 e. The quantitative estimate of drug-likeness (QED) is 0.181. The molecule has 5 aromatic rings. The Balaban J connectivity index is 0.744. The van der Waals surface area contributed by atoms with Crippen molar-refractivity contribution in [3.05, 3.63) is 101 Å². The molecule has 5 aliphatic heterocycles. The van der Waals surface area contributed by atoms with Crippen molar-refractivity contribution in [2.75, 3.05) is 36.5 Å². The third-order valence-corrected chi connectivity index (χ3v) is 12.7. The molecule has 8 heterocycles. The molecule has 16 nitrogen and oxygen atoms in total. The number of ether oxygens (including phenoxy) is 1. The van der Waals surface area contributed by atoms with E-state index in [1.165, 1.54) is 21.6 Å². The molecule has 2 N–H and O–H groups in total. The maximum Gasteiger partial charge on any atom is 0.284 e. The smallest absolute Gasteiger partial charge is 0.284 e. The highest BCUT2D eigenvalue weighted by Crippen LogP contribution is 2.34. The maximum absolute atomic E-state index is 14.2. The van der Waals surface area contributed by atoms with Crippen LogP contribution in [0.15, 0.2) is 67.1 Å². The van der Waals surface area contributed by atoms with Gasteiger partial charge in [-0.05, 0) is 92.9 Å². The van der Waals surface area contributed by atoms with Gasteiger partial charge in [-0.1, -0.05) is 24.3 Å². The van der Waals surface area contributed by atoms with E-state index in [1.807, 2.05) is 36.4 Å². The number of carbonyl (C=O) groups excluding carboxylic acids is 5. The van der Waals surface area contributed by atoms with Gasteiger partial charge < -0.3 is 15.0 Å². The number of morpholine rings is 1. The molecule has 5 aliphatic rings. The van der Waals surface area contributed by atoms with E-state index in [0.717, 1.165) is 54.8 Å². The summed E-state index contributed by atoms with van der Waals surface area (Å²) >= 11 is 0. The second-order valence-corrected chi connectivity index (χ2v) is 16.4. The van der Waals surface area contributed by atoms with Crippen molar-refractivity contribution in [3.8, 4) is 5.69 Å². The molecule has 4 saturated heterocycles. The molecule has 2 bridgehead atoms. The van der Waals surface area contributed by atoms with Crippen molar-refractivity contribution in [1.29, 1.82) is 0 Å². The van der Waals surface area contributed by atoms with E-state index in [4.69, 9.17) is 9.72 Å². The second-order valence-electron chi connectivity index (χ2n) is 16.4. The van der Waals surface area contributed by atoms with Crippen molar-refractivity contribution >= 4 is 46.7 Å². The second kappa shape index (κ2) is 15.6.